The van der Waals surface area contributed by atoms with Gasteiger partial charge in [-0.1, -0.05) is 6.92 Å². The number of aromatic nitrogens is 1. The number of carbonyl (C=O) groups is 3. The lowest BCUT2D eigenvalue weighted by Crippen LogP contribution is -2.25. The van der Waals surface area contributed by atoms with Gasteiger partial charge in [0.25, 0.3) is 17.4 Å². The van der Waals surface area contributed by atoms with E-state index >= 15 is 0 Å². The molecule has 0 saturated carbocycles. The number of anilines is 2. The zero-order valence-electron chi connectivity index (χ0n) is 14.1. The van der Waals surface area contributed by atoms with Crippen LogP contribution in [-0.2, 0) is 4.79 Å². The van der Waals surface area contributed by atoms with Gasteiger partial charge in [-0.25, -0.2) is 0 Å². The Hall–Kier alpha value is -3.62. The Morgan fingerprint density at radius 3 is 2.62 bits per heavy atom. The predicted octanol–water partition coefficient (Wildman–Crippen LogP) is 0.660. The van der Waals surface area contributed by atoms with Crippen LogP contribution in [0.3, 0.4) is 0 Å². The molecular formula is C17H16N4O5. The van der Waals surface area contributed by atoms with Crippen LogP contribution in [-0.4, -0.2) is 29.4 Å². The van der Waals surface area contributed by atoms with Crippen LogP contribution < -0.4 is 26.7 Å². The standard InChI is InChI=1S/C17H16N4O5/c1-3-12(22)19-10-5-4-8(26-2)6-11(10)21-13(23)7-9-14(15(21)18)17(25)20-16(9)24/h4-7H,3,18H2,1-2H3,(H,19,22)(H,20,24,25). The minimum atomic E-state index is -0.682. The molecule has 0 saturated heterocycles. The summed E-state index contributed by atoms with van der Waals surface area (Å²) >= 11 is 0. The number of hydrogen-bond acceptors (Lipinski definition) is 6. The Labute approximate surface area is 147 Å². The topological polar surface area (TPSA) is 133 Å². The zero-order chi connectivity index (χ0) is 19.0. The van der Waals surface area contributed by atoms with E-state index in [2.05, 4.69) is 10.6 Å². The van der Waals surface area contributed by atoms with Gasteiger partial charge in [0, 0.05) is 18.6 Å². The molecule has 0 atom stereocenters. The molecule has 2 aromatic rings. The number of imide groups is 1. The molecule has 1 aromatic heterocycles. The van der Waals surface area contributed by atoms with Crippen molar-refractivity contribution in [3.63, 3.8) is 0 Å². The average Bonchev–Trinajstić information content (AvgIpc) is 2.89. The van der Waals surface area contributed by atoms with Gasteiger partial charge in [-0.05, 0) is 12.1 Å². The van der Waals surface area contributed by atoms with Crippen molar-refractivity contribution in [2.24, 2.45) is 0 Å². The molecule has 9 heteroatoms. The average molecular weight is 356 g/mol. The number of nitrogens with two attached hydrogens (primary N) is 1. The third-order valence-electron chi connectivity index (χ3n) is 3.99. The molecule has 0 aliphatic carbocycles. The van der Waals surface area contributed by atoms with Crippen molar-refractivity contribution in [1.82, 2.24) is 9.88 Å². The van der Waals surface area contributed by atoms with E-state index in [1.54, 1.807) is 19.1 Å². The Morgan fingerprint density at radius 2 is 1.96 bits per heavy atom. The number of ether oxygens (including phenoxy) is 1. The Morgan fingerprint density at radius 1 is 1.23 bits per heavy atom. The second kappa shape index (κ2) is 6.36. The fourth-order valence-electron chi connectivity index (χ4n) is 2.70. The predicted molar refractivity (Wildman–Crippen MR) is 93.7 cm³/mol. The van der Waals surface area contributed by atoms with Crippen molar-refractivity contribution in [2.75, 3.05) is 18.2 Å². The summed E-state index contributed by atoms with van der Waals surface area (Å²) in [6.07, 6.45) is 0.233. The molecule has 0 radical (unpaired) electrons. The Bertz CT molecular complexity index is 1010. The number of nitrogens with zero attached hydrogens (tertiary/aromatic N) is 1. The smallest absolute Gasteiger partial charge is 0.262 e. The fourth-order valence-corrected chi connectivity index (χ4v) is 2.70. The molecule has 1 aliphatic heterocycles. The van der Waals surface area contributed by atoms with Crippen molar-refractivity contribution < 1.29 is 19.1 Å². The molecule has 3 amide bonds. The van der Waals surface area contributed by atoms with E-state index < -0.39 is 17.4 Å². The number of amides is 3. The summed E-state index contributed by atoms with van der Waals surface area (Å²) in [5.74, 6) is -1.40. The van der Waals surface area contributed by atoms with Gasteiger partial charge in [0.05, 0.1) is 29.6 Å². The van der Waals surface area contributed by atoms with Crippen molar-refractivity contribution in [1.29, 1.82) is 0 Å². The van der Waals surface area contributed by atoms with Crippen LogP contribution in [0.1, 0.15) is 34.1 Å². The van der Waals surface area contributed by atoms with E-state index in [-0.39, 0.29) is 35.0 Å². The number of methoxy groups -OCH3 is 1. The van der Waals surface area contributed by atoms with Gasteiger partial charge in [0.15, 0.2) is 0 Å². The fraction of sp³-hybridized carbons (Fsp3) is 0.176. The maximum atomic E-state index is 12.6. The molecule has 0 bridgehead atoms. The van der Waals surface area contributed by atoms with Gasteiger partial charge in [-0.2, -0.15) is 0 Å². The number of carbonyl (C=O) groups excluding carboxylic acids is 3. The summed E-state index contributed by atoms with van der Waals surface area (Å²) in [6, 6.07) is 5.71. The summed E-state index contributed by atoms with van der Waals surface area (Å²) in [6.45, 7) is 1.68. The molecule has 4 N–H and O–H groups in total. The molecule has 2 heterocycles. The van der Waals surface area contributed by atoms with Crippen molar-refractivity contribution in [3.05, 3.63) is 45.7 Å². The van der Waals surface area contributed by atoms with E-state index in [1.807, 2.05) is 0 Å². The second-order valence-electron chi connectivity index (χ2n) is 5.56. The van der Waals surface area contributed by atoms with Crippen molar-refractivity contribution >= 4 is 29.2 Å². The molecule has 26 heavy (non-hydrogen) atoms. The minimum absolute atomic E-state index is 0.0733. The van der Waals surface area contributed by atoms with Crippen LogP contribution in [0.25, 0.3) is 5.69 Å². The normalized spacial score (nSPS) is 12.5. The first-order valence-corrected chi connectivity index (χ1v) is 7.76. The highest BCUT2D eigenvalue weighted by Gasteiger charge is 2.32. The first-order valence-electron chi connectivity index (χ1n) is 7.76. The largest absolute Gasteiger partial charge is 0.497 e. The number of rotatable bonds is 4. The second-order valence-corrected chi connectivity index (χ2v) is 5.56. The molecule has 134 valence electrons. The third-order valence-corrected chi connectivity index (χ3v) is 3.99. The highest BCUT2D eigenvalue weighted by Crippen LogP contribution is 2.29. The van der Waals surface area contributed by atoms with E-state index in [4.69, 9.17) is 10.5 Å². The number of benzene rings is 1. The number of nitrogen functional groups attached to an aromatic ring is 1. The van der Waals surface area contributed by atoms with Gasteiger partial charge in [-0.3, -0.25) is 29.1 Å². The van der Waals surface area contributed by atoms with Gasteiger partial charge in [-0.15, -0.1) is 0 Å². The molecule has 0 spiro atoms. The molecule has 1 aliphatic rings. The Balaban J connectivity index is 2.28. The number of nitrogens with one attached hydrogen (secondary N) is 2. The monoisotopic (exact) mass is 356 g/mol. The lowest BCUT2D eigenvalue weighted by atomic mass is 10.1. The van der Waals surface area contributed by atoms with E-state index in [1.165, 1.54) is 13.2 Å². The lowest BCUT2D eigenvalue weighted by molar-refractivity contribution is -0.115. The molecule has 9 nitrogen and oxygen atoms in total. The Kier molecular flexibility index (Phi) is 4.21. The summed E-state index contributed by atoms with van der Waals surface area (Å²) in [7, 11) is 1.45. The number of pyridine rings is 1. The number of fused-ring (bicyclic) bond motifs is 1. The van der Waals surface area contributed by atoms with Gasteiger partial charge < -0.3 is 15.8 Å². The summed E-state index contributed by atoms with van der Waals surface area (Å²) in [5.41, 5.74) is 5.81. The van der Waals surface area contributed by atoms with E-state index in [0.29, 0.717) is 11.4 Å². The minimum Gasteiger partial charge on any atom is -0.497 e. The highest BCUT2D eigenvalue weighted by molar-refractivity contribution is 6.23. The van der Waals surface area contributed by atoms with Crippen LogP contribution in [0.4, 0.5) is 11.5 Å². The first kappa shape index (κ1) is 17.2. The van der Waals surface area contributed by atoms with Crippen LogP contribution in [0, 0.1) is 0 Å². The zero-order valence-corrected chi connectivity index (χ0v) is 14.1. The van der Waals surface area contributed by atoms with Crippen LogP contribution in [0.15, 0.2) is 29.1 Å². The summed E-state index contributed by atoms with van der Waals surface area (Å²) in [4.78, 5) is 48.2. The first-order chi connectivity index (χ1) is 12.4. The molecule has 3 rings (SSSR count). The molecule has 0 fully saturated rings. The van der Waals surface area contributed by atoms with Gasteiger partial charge in [0.2, 0.25) is 5.91 Å². The summed E-state index contributed by atoms with van der Waals surface area (Å²) in [5, 5.41) is 4.78. The van der Waals surface area contributed by atoms with Gasteiger partial charge >= 0.3 is 0 Å². The lowest BCUT2D eigenvalue weighted by Gasteiger charge is -2.17. The molecular weight excluding hydrogens is 340 g/mol. The maximum Gasteiger partial charge on any atom is 0.262 e. The quantitative estimate of drug-likeness (QED) is 0.689. The molecule has 1 aromatic carbocycles. The van der Waals surface area contributed by atoms with E-state index in [0.717, 1.165) is 10.6 Å². The third kappa shape index (κ3) is 2.69. The van der Waals surface area contributed by atoms with Crippen molar-refractivity contribution in [3.8, 4) is 11.4 Å². The molecule has 0 unspecified atom stereocenters. The number of hydrogen-bond donors (Lipinski definition) is 3. The summed E-state index contributed by atoms with van der Waals surface area (Å²) < 4.78 is 6.23. The SMILES string of the molecule is CCC(=O)Nc1ccc(OC)cc1-n1c(N)c2c(cc1=O)C(=O)NC2=O. The van der Waals surface area contributed by atoms with Crippen LogP contribution in [0.5, 0.6) is 5.75 Å². The van der Waals surface area contributed by atoms with E-state index in [9.17, 15) is 19.2 Å². The van der Waals surface area contributed by atoms with Crippen molar-refractivity contribution in [2.45, 2.75) is 13.3 Å². The maximum absolute atomic E-state index is 12.6. The van der Waals surface area contributed by atoms with Crippen LogP contribution in [0.2, 0.25) is 0 Å². The van der Waals surface area contributed by atoms with Gasteiger partial charge in [0.1, 0.15) is 11.6 Å². The highest BCUT2D eigenvalue weighted by atomic mass is 16.5. The van der Waals surface area contributed by atoms with Crippen LogP contribution >= 0.6 is 0 Å².